The Morgan fingerprint density at radius 1 is 0.556 bits per heavy atom. The van der Waals surface area contributed by atoms with E-state index in [1.54, 1.807) is 0 Å². The molecule has 0 aliphatic carbocycles. The van der Waals surface area contributed by atoms with Gasteiger partial charge in [0.05, 0.1) is 13.2 Å². The van der Waals surface area contributed by atoms with Gasteiger partial charge in [-0.1, -0.05) is 141 Å². The van der Waals surface area contributed by atoms with Gasteiger partial charge in [0.25, 0.3) is 0 Å². The number of esters is 2. The Balaban J connectivity index is 4.37. The zero-order valence-electron chi connectivity index (χ0n) is 34.1. The molecular formula is C42H78NO10P. The molecule has 0 fully saturated rings. The number of hydrogen-bond acceptors (Lipinski definition) is 9. The van der Waals surface area contributed by atoms with E-state index in [2.05, 4.69) is 42.7 Å². The van der Waals surface area contributed by atoms with Crippen LogP contribution >= 0.6 is 7.82 Å². The number of ether oxygens (including phenoxy) is 2. The standard InChI is InChI=1S/C42H78NO10P/c1-3-5-7-9-11-13-15-17-18-19-20-22-24-26-28-30-32-34-41(45)53-38(36-51-54(48,49)52-37-39(43)42(46)47)35-50-40(44)33-31-29-27-25-23-21-16-14-12-10-8-6-4-2/h13-16,38-39H,3-12,17-37,43H2,1-2H3,(H,46,47)(H,48,49)/b15-13+,16-14+/t38-,39+/m1/s1. The van der Waals surface area contributed by atoms with Crippen molar-refractivity contribution in [3.63, 3.8) is 0 Å². The minimum Gasteiger partial charge on any atom is -0.480 e. The van der Waals surface area contributed by atoms with Crippen molar-refractivity contribution < 1.29 is 47.5 Å². The normalized spacial score (nSPS) is 14.0. The second-order valence-corrected chi connectivity index (χ2v) is 15.9. The van der Waals surface area contributed by atoms with Crippen LogP contribution in [0, 0.1) is 0 Å². The smallest absolute Gasteiger partial charge is 0.472 e. The van der Waals surface area contributed by atoms with E-state index in [1.165, 1.54) is 96.3 Å². The van der Waals surface area contributed by atoms with Crippen LogP contribution in [0.1, 0.15) is 194 Å². The number of allylic oxidation sites excluding steroid dienone is 4. The number of nitrogens with two attached hydrogens (primary N) is 1. The minimum atomic E-state index is -4.71. The fourth-order valence-corrected chi connectivity index (χ4v) is 6.54. The Hall–Kier alpha value is -2.04. The summed E-state index contributed by atoms with van der Waals surface area (Å²) in [4.78, 5) is 45.9. The summed E-state index contributed by atoms with van der Waals surface area (Å²) < 4.78 is 32.7. The van der Waals surface area contributed by atoms with Gasteiger partial charge in [0, 0.05) is 12.8 Å². The summed E-state index contributed by atoms with van der Waals surface area (Å²) in [6.45, 7) is 2.77. The number of unbranched alkanes of at least 4 members (excludes halogenated alkanes) is 22. The van der Waals surface area contributed by atoms with Gasteiger partial charge in [-0.25, -0.2) is 4.57 Å². The van der Waals surface area contributed by atoms with E-state index in [-0.39, 0.29) is 19.4 Å². The Morgan fingerprint density at radius 3 is 1.35 bits per heavy atom. The van der Waals surface area contributed by atoms with E-state index in [1.807, 2.05) is 0 Å². The number of carboxylic acid groups (broad SMARTS) is 1. The van der Waals surface area contributed by atoms with Crippen LogP contribution in [-0.4, -0.2) is 59.9 Å². The molecule has 1 unspecified atom stereocenters. The summed E-state index contributed by atoms with van der Waals surface area (Å²) in [6, 6.07) is -1.52. The molecule has 11 nitrogen and oxygen atoms in total. The van der Waals surface area contributed by atoms with Crippen LogP contribution in [0.4, 0.5) is 0 Å². The van der Waals surface area contributed by atoms with Crippen molar-refractivity contribution in [1.82, 2.24) is 0 Å². The second kappa shape index (κ2) is 37.9. The quantitative estimate of drug-likeness (QED) is 0.0233. The zero-order chi connectivity index (χ0) is 40.0. The van der Waals surface area contributed by atoms with Gasteiger partial charge in [-0.3, -0.25) is 23.4 Å². The average molecular weight is 788 g/mol. The molecule has 316 valence electrons. The number of carboxylic acids is 1. The maximum Gasteiger partial charge on any atom is 0.472 e. The fraction of sp³-hybridized carbons (Fsp3) is 0.833. The average Bonchev–Trinajstić information content (AvgIpc) is 3.14. The molecule has 0 saturated heterocycles. The minimum absolute atomic E-state index is 0.159. The molecule has 0 aliphatic rings. The summed E-state index contributed by atoms with van der Waals surface area (Å²) in [7, 11) is -4.71. The van der Waals surface area contributed by atoms with E-state index >= 15 is 0 Å². The van der Waals surface area contributed by atoms with Crippen molar-refractivity contribution in [2.75, 3.05) is 19.8 Å². The number of aliphatic carboxylic acids is 1. The fourth-order valence-electron chi connectivity index (χ4n) is 5.76. The van der Waals surface area contributed by atoms with Crippen molar-refractivity contribution in [3.8, 4) is 0 Å². The molecule has 0 aromatic rings. The highest BCUT2D eigenvalue weighted by molar-refractivity contribution is 7.47. The van der Waals surface area contributed by atoms with Gasteiger partial charge < -0.3 is 25.2 Å². The first kappa shape index (κ1) is 52.0. The van der Waals surface area contributed by atoms with Crippen molar-refractivity contribution in [2.45, 2.75) is 206 Å². The van der Waals surface area contributed by atoms with Crippen molar-refractivity contribution in [1.29, 1.82) is 0 Å². The monoisotopic (exact) mass is 788 g/mol. The Kier molecular flexibility index (Phi) is 36.4. The molecule has 12 heteroatoms. The third-order valence-corrected chi connectivity index (χ3v) is 10.1. The van der Waals surface area contributed by atoms with Crippen LogP contribution in [0.25, 0.3) is 0 Å². The van der Waals surface area contributed by atoms with E-state index in [0.717, 1.165) is 57.8 Å². The first-order chi connectivity index (χ1) is 26.1. The number of carbonyl (C=O) groups excluding carboxylic acids is 2. The summed E-state index contributed by atoms with van der Waals surface area (Å²) in [6.07, 6.45) is 38.1. The maximum absolute atomic E-state index is 12.6. The second-order valence-electron chi connectivity index (χ2n) is 14.5. The molecule has 0 aromatic heterocycles. The van der Waals surface area contributed by atoms with E-state index in [0.29, 0.717) is 12.8 Å². The SMILES string of the molecule is CCCCCC/C=C/CCCCCCCCCCCC(=O)O[C@H](COC(=O)CCCCCCC/C=C/CCCCCC)COP(=O)(O)OC[C@H](N)C(=O)O. The molecule has 0 amide bonds. The lowest BCUT2D eigenvalue weighted by Gasteiger charge is -2.20. The van der Waals surface area contributed by atoms with Crippen molar-refractivity contribution >= 4 is 25.7 Å². The first-order valence-electron chi connectivity index (χ1n) is 21.4. The Bertz CT molecular complexity index is 1020. The van der Waals surface area contributed by atoms with Gasteiger partial charge in [0.15, 0.2) is 6.10 Å². The predicted octanol–water partition coefficient (Wildman–Crippen LogP) is 11.1. The van der Waals surface area contributed by atoms with Crippen LogP contribution in [0.5, 0.6) is 0 Å². The lowest BCUT2D eigenvalue weighted by molar-refractivity contribution is -0.161. The number of phosphoric acid groups is 1. The molecule has 4 N–H and O–H groups in total. The summed E-state index contributed by atoms with van der Waals surface area (Å²) >= 11 is 0. The van der Waals surface area contributed by atoms with Crippen molar-refractivity contribution in [2.24, 2.45) is 5.73 Å². The van der Waals surface area contributed by atoms with Crippen LogP contribution in [0.2, 0.25) is 0 Å². The van der Waals surface area contributed by atoms with Crippen LogP contribution in [-0.2, 0) is 37.5 Å². The lowest BCUT2D eigenvalue weighted by atomic mass is 10.1. The molecule has 0 radical (unpaired) electrons. The van der Waals surface area contributed by atoms with Gasteiger partial charge in [-0.15, -0.1) is 0 Å². The molecule has 0 spiro atoms. The molecule has 0 aliphatic heterocycles. The highest BCUT2D eigenvalue weighted by atomic mass is 31.2. The third-order valence-electron chi connectivity index (χ3n) is 9.17. The topological polar surface area (TPSA) is 172 Å². The summed E-state index contributed by atoms with van der Waals surface area (Å²) in [5.74, 6) is -2.39. The number of carbonyl (C=O) groups is 3. The summed E-state index contributed by atoms with van der Waals surface area (Å²) in [5.41, 5.74) is 5.33. The molecule has 0 saturated carbocycles. The number of rotatable bonds is 40. The zero-order valence-corrected chi connectivity index (χ0v) is 35.0. The Labute approximate surface area is 328 Å². The molecule has 0 aromatic carbocycles. The molecule has 54 heavy (non-hydrogen) atoms. The van der Waals surface area contributed by atoms with Gasteiger partial charge in [0.1, 0.15) is 12.6 Å². The Morgan fingerprint density at radius 2 is 0.926 bits per heavy atom. The van der Waals surface area contributed by atoms with E-state index in [4.69, 9.17) is 24.8 Å². The van der Waals surface area contributed by atoms with Crippen molar-refractivity contribution in [3.05, 3.63) is 24.3 Å². The van der Waals surface area contributed by atoms with Crippen LogP contribution in [0.3, 0.4) is 0 Å². The van der Waals surface area contributed by atoms with Crippen LogP contribution in [0.15, 0.2) is 24.3 Å². The predicted molar refractivity (Wildman–Crippen MR) is 217 cm³/mol. The van der Waals surface area contributed by atoms with Gasteiger partial charge in [-0.2, -0.15) is 0 Å². The highest BCUT2D eigenvalue weighted by Gasteiger charge is 2.28. The highest BCUT2D eigenvalue weighted by Crippen LogP contribution is 2.43. The molecule has 0 heterocycles. The van der Waals surface area contributed by atoms with Gasteiger partial charge in [-0.05, 0) is 64.2 Å². The largest absolute Gasteiger partial charge is 0.480 e. The molecule has 0 bridgehead atoms. The van der Waals surface area contributed by atoms with E-state index in [9.17, 15) is 23.8 Å². The van der Waals surface area contributed by atoms with Gasteiger partial charge in [0.2, 0.25) is 0 Å². The molecular weight excluding hydrogens is 709 g/mol. The molecule has 0 rings (SSSR count). The number of hydrogen-bond donors (Lipinski definition) is 3. The van der Waals surface area contributed by atoms with Gasteiger partial charge >= 0.3 is 25.7 Å². The van der Waals surface area contributed by atoms with E-state index < -0.39 is 51.1 Å². The summed E-state index contributed by atoms with van der Waals surface area (Å²) in [5, 5.41) is 8.88. The van der Waals surface area contributed by atoms with Crippen LogP contribution < -0.4 is 5.73 Å². The number of phosphoric ester groups is 1. The molecule has 3 atom stereocenters. The lowest BCUT2D eigenvalue weighted by Crippen LogP contribution is -2.34. The third kappa shape index (κ3) is 36.9. The maximum atomic E-state index is 12.6. The first-order valence-corrected chi connectivity index (χ1v) is 22.9.